The summed E-state index contributed by atoms with van der Waals surface area (Å²) < 4.78 is 1.56. The van der Waals surface area contributed by atoms with Crippen molar-refractivity contribution in [2.45, 2.75) is 12.5 Å². The second-order valence-electron chi connectivity index (χ2n) is 4.77. The van der Waals surface area contributed by atoms with E-state index < -0.39 is 0 Å². The largest absolute Gasteiger partial charge is 0.350 e. The van der Waals surface area contributed by atoms with Crippen LogP contribution >= 0.6 is 0 Å². The number of nitrogen functional groups attached to an aromatic ring is 1. The quantitative estimate of drug-likeness (QED) is 0.504. The van der Waals surface area contributed by atoms with E-state index in [9.17, 15) is 0 Å². The summed E-state index contributed by atoms with van der Waals surface area (Å²) in [6.07, 6.45) is 4.49. The number of hydrazine groups is 1. The fraction of sp³-hybridized carbons (Fsp3) is 0.455. The Balaban J connectivity index is 1.85. The first-order valence-corrected chi connectivity index (χ1v) is 6.42. The molecule has 0 radical (unpaired) electrons. The molecule has 1 fully saturated rings. The highest BCUT2D eigenvalue weighted by molar-refractivity contribution is 5.37. The molecule has 1 aliphatic rings. The maximum atomic E-state index is 5.40. The van der Waals surface area contributed by atoms with Gasteiger partial charge in [0, 0.05) is 25.0 Å². The summed E-state index contributed by atoms with van der Waals surface area (Å²) in [6, 6.07) is 2.14. The van der Waals surface area contributed by atoms with Crippen LogP contribution in [0.25, 0.3) is 5.95 Å². The smallest absolute Gasteiger partial charge is 0.257 e. The molecular weight excluding hydrogens is 258 g/mol. The van der Waals surface area contributed by atoms with Crippen LogP contribution in [0, 0.1) is 0 Å². The van der Waals surface area contributed by atoms with Gasteiger partial charge in [-0.25, -0.2) is 10.5 Å². The number of nitrogens with zero attached hydrogens (tertiary/aromatic N) is 6. The first kappa shape index (κ1) is 12.8. The fourth-order valence-corrected chi connectivity index (χ4v) is 2.22. The van der Waals surface area contributed by atoms with Gasteiger partial charge >= 0.3 is 0 Å². The zero-order chi connectivity index (χ0) is 13.9. The maximum Gasteiger partial charge on any atom is 0.257 e. The Morgan fingerprint density at radius 2 is 2.15 bits per heavy atom. The number of rotatable bonds is 4. The Kier molecular flexibility index (Phi) is 3.44. The molecule has 20 heavy (non-hydrogen) atoms. The highest BCUT2D eigenvalue weighted by Gasteiger charge is 2.20. The molecule has 0 aliphatic carbocycles. The molecule has 1 unspecified atom stereocenters. The van der Waals surface area contributed by atoms with Crippen LogP contribution in [0.15, 0.2) is 18.5 Å². The lowest BCUT2D eigenvalue weighted by molar-refractivity contribution is 0.414. The van der Waals surface area contributed by atoms with Crippen molar-refractivity contribution >= 4 is 11.9 Å². The van der Waals surface area contributed by atoms with Gasteiger partial charge in [-0.1, -0.05) is 0 Å². The summed E-state index contributed by atoms with van der Waals surface area (Å²) in [5.74, 6) is 6.63. The van der Waals surface area contributed by atoms with E-state index in [2.05, 4.69) is 42.7 Å². The Hall–Kier alpha value is -2.26. The number of likely N-dealkylation sites (N-methyl/N-ethyl adjacent to an activating group) is 1. The second-order valence-corrected chi connectivity index (χ2v) is 4.77. The van der Waals surface area contributed by atoms with E-state index in [-0.39, 0.29) is 0 Å². The van der Waals surface area contributed by atoms with Crippen molar-refractivity contribution in [1.29, 1.82) is 0 Å². The van der Waals surface area contributed by atoms with Gasteiger partial charge in [0.15, 0.2) is 0 Å². The molecule has 2 aromatic heterocycles. The average molecular weight is 275 g/mol. The van der Waals surface area contributed by atoms with Gasteiger partial charge in [0.25, 0.3) is 5.95 Å². The standard InChI is InChI=1S/C11H17N9/c1-19-6-3-8(7-19)14-9-15-10(18-12)17-11(16-9)20-5-2-4-13-20/h2,4-5,8H,3,6-7,12H2,1H3,(H2,14,15,16,17,18). The Morgan fingerprint density at radius 3 is 2.80 bits per heavy atom. The van der Waals surface area contributed by atoms with Crippen LogP contribution in [-0.4, -0.2) is 55.8 Å². The van der Waals surface area contributed by atoms with Crippen LogP contribution in [0.4, 0.5) is 11.9 Å². The third-order valence-electron chi connectivity index (χ3n) is 3.19. The van der Waals surface area contributed by atoms with Gasteiger partial charge in [0.05, 0.1) is 0 Å². The Morgan fingerprint density at radius 1 is 1.30 bits per heavy atom. The van der Waals surface area contributed by atoms with Crippen molar-refractivity contribution in [3.63, 3.8) is 0 Å². The molecule has 9 nitrogen and oxygen atoms in total. The number of anilines is 2. The monoisotopic (exact) mass is 275 g/mol. The summed E-state index contributed by atoms with van der Waals surface area (Å²) in [6.45, 7) is 2.03. The van der Waals surface area contributed by atoms with Crippen LogP contribution in [-0.2, 0) is 0 Å². The van der Waals surface area contributed by atoms with Crippen LogP contribution in [0.2, 0.25) is 0 Å². The molecule has 2 aromatic rings. The molecular formula is C11H17N9. The van der Waals surface area contributed by atoms with Gasteiger partial charge in [-0.15, -0.1) is 0 Å². The lowest BCUT2D eigenvalue weighted by Gasteiger charge is -2.13. The minimum Gasteiger partial charge on any atom is -0.350 e. The van der Waals surface area contributed by atoms with E-state index in [1.54, 1.807) is 23.1 Å². The lowest BCUT2D eigenvalue weighted by atomic mass is 10.3. The first-order chi connectivity index (χ1) is 9.74. The van der Waals surface area contributed by atoms with Crippen LogP contribution in [0.1, 0.15) is 6.42 Å². The zero-order valence-electron chi connectivity index (χ0n) is 11.2. The van der Waals surface area contributed by atoms with Crippen LogP contribution in [0.5, 0.6) is 0 Å². The van der Waals surface area contributed by atoms with E-state index in [0.717, 1.165) is 19.5 Å². The van der Waals surface area contributed by atoms with Gasteiger partial charge in [0.2, 0.25) is 11.9 Å². The van der Waals surface area contributed by atoms with Gasteiger partial charge in [-0.3, -0.25) is 5.43 Å². The van der Waals surface area contributed by atoms with Gasteiger partial charge < -0.3 is 10.2 Å². The molecule has 0 aromatic carbocycles. The van der Waals surface area contributed by atoms with Gasteiger partial charge in [-0.2, -0.15) is 20.1 Å². The minimum absolute atomic E-state index is 0.305. The zero-order valence-corrected chi connectivity index (χ0v) is 11.2. The summed E-state index contributed by atoms with van der Waals surface area (Å²) in [5.41, 5.74) is 2.45. The van der Waals surface area contributed by atoms with E-state index in [0.29, 0.717) is 23.9 Å². The van der Waals surface area contributed by atoms with Crippen molar-refractivity contribution in [3.05, 3.63) is 18.5 Å². The molecule has 3 rings (SSSR count). The molecule has 1 aliphatic heterocycles. The Bertz CT molecular complexity index is 567. The molecule has 0 spiro atoms. The summed E-state index contributed by atoms with van der Waals surface area (Å²) in [4.78, 5) is 15.0. The van der Waals surface area contributed by atoms with E-state index >= 15 is 0 Å². The third kappa shape index (κ3) is 2.68. The fourth-order valence-electron chi connectivity index (χ4n) is 2.22. The Labute approximate surface area is 116 Å². The second kappa shape index (κ2) is 5.39. The number of hydrogen-bond acceptors (Lipinski definition) is 8. The summed E-state index contributed by atoms with van der Waals surface area (Å²) in [7, 11) is 2.09. The van der Waals surface area contributed by atoms with Crippen molar-refractivity contribution in [3.8, 4) is 5.95 Å². The SMILES string of the molecule is CN1CCC(Nc2nc(NN)nc(-n3cccn3)n2)C1. The van der Waals surface area contributed by atoms with Crippen molar-refractivity contribution in [1.82, 2.24) is 29.6 Å². The molecule has 0 amide bonds. The molecule has 1 saturated heterocycles. The number of aromatic nitrogens is 5. The van der Waals surface area contributed by atoms with Crippen molar-refractivity contribution < 1.29 is 0 Å². The predicted octanol–water partition coefficient (Wildman–Crippen LogP) is -0.541. The maximum absolute atomic E-state index is 5.40. The molecule has 4 N–H and O–H groups in total. The number of likely N-dealkylation sites (tertiary alicyclic amines) is 1. The van der Waals surface area contributed by atoms with E-state index in [1.165, 1.54) is 0 Å². The predicted molar refractivity (Wildman–Crippen MR) is 74.3 cm³/mol. The minimum atomic E-state index is 0.305. The number of hydrogen-bond donors (Lipinski definition) is 3. The van der Waals surface area contributed by atoms with Crippen molar-refractivity contribution in [2.75, 3.05) is 30.9 Å². The van der Waals surface area contributed by atoms with Gasteiger partial charge in [-0.05, 0) is 26.1 Å². The molecule has 0 bridgehead atoms. The number of nitrogens with one attached hydrogen (secondary N) is 2. The molecule has 0 saturated carbocycles. The van der Waals surface area contributed by atoms with E-state index in [4.69, 9.17) is 5.84 Å². The molecule has 106 valence electrons. The normalized spacial score (nSPS) is 19.2. The highest BCUT2D eigenvalue weighted by Crippen LogP contribution is 2.13. The molecule has 9 heteroatoms. The third-order valence-corrected chi connectivity index (χ3v) is 3.19. The van der Waals surface area contributed by atoms with Crippen LogP contribution in [0.3, 0.4) is 0 Å². The lowest BCUT2D eigenvalue weighted by Crippen LogP contribution is -2.25. The van der Waals surface area contributed by atoms with Crippen molar-refractivity contribution in [2.24, 2.45) is 5.84 Å². The summed E-state index contributed by atoms with van der Waals surface area (Å²) >= 11 is 0. The van der Waals surface area contributed by atoms with Crippen LogP contribution < -0.4 is 16.6 Å². The molecule has 1 atom stereocenters. The highest BCUT2D eigenvalue weighted by atomic mass is 15.4. The van der Waals surface area contributed by atoms with Gasteiger partial charge in [0.1, 0.15) is 0 Å². The summed E-state index contributed by atoms with van der Waals surface area (Å²) in [5, 5.41) is 7.41. The topological polar surface area (TPSA) is 110 Å². The first-order valence-electron chi connectivity index (χ1n) is 6.42. The number of nitrogens with two attached hydrogens (primary N) is 1. The molecule has 3 heterocycles. The van der Waals surface area contributed by atoms with E-state index in [1.807, 2.05) is 0 Å². The average Bonchev–Trinajstić information content (AvgIpc) is 3.10.